The monoisotopic (exact) mass is 251 g/mol. The smallest absolute Gasteiger partial charge is 0.175 e. The number of ether oxygens (including phenoxy) is 1. The van der Waals surface area contributed by atoms with Crippen molar-refractivity contribution in [1.29, 1.82) is 0 Å². The lowest BCUT2D eigenvalue weighted by atomic mass is 10.1. The van der Waals surface area contributed by atoms with Crippen LogP contribution < -0.4 is 10.5 Å². The molecular weight excluding hydrogens is 230 g/mol. The van der Waals surface area contributed by atoms with Gasteiger partial charge in [-0.05, 0) is 34.1 Å². The molecule has 0 unspecified atom stereocenters. The van der Waals surface area contributed by atoms with E-state index in [-0.39, 0.29) is 11.4 Å². The number of rotatable bonds is 4. The molecule has 0 saturated heterocycles. The van der Waals surface area contributed by atoms with E-state index in [0.29, 0.717) is 17.0 Å². The first kappa shape index (κ1) is 14.3. The van der Waals surface area contributed by atoms with Gasteiger partial charge in [0.05, 0.1) is 11.3 Å². The molecule has 0 fully saturated rings. The number of pyridine rings is 1. The van der Waals surface area contributed by atoms with Gasteiger partial charge in [0.1, 0.15) is 11.4 Å². The molecule has 100 valence electrons. The van der Waals surface area contributed by atoms with Gasteiger partial charge in [0, 0.05) is 11.8 Å². The summed E-state index contributed by atoms with van der Waals surface area (Å²) in [5, 5.41) is 11.9. The second-order valence-corrected chi connectivity index (χ2v) is 4.92. The van der Waals surface area contributed by atoms with E-state index < -0.39 is 0 Å². The standard InChI is InChI=1S/C13H21N3O2/c1-6-13(4,5)18-10-7-8(2)15-9(3)11(10)12(14)16-17/h7,17H,6H2,1-5H3,(H2,14,16). The number of aryl methyl sites for hydroxylation is 2. The number of oxime groups is 1. The van der Waals surface area contributed by atoms with Gasteiger partial charge in [0.15, 0.2) is 5.84 Å². The molecule has 1 aromatic heterocycles. The van der Waals surface area contributed by atoms with E-state index in [0.717, 1.165) is 12.1 Å². The van der Waals surface area contributed by atoms with Crippen molar-refractivity contribution < 1.29 is 9.94 Å². The molecule has 0 radical (unpaired) electrons. The van der Waals surface area contributed by atoms with Crippen LogP contribution in [0, 0.1) is 13.8 Å². The number of nitrogens with two attached hydrogens (primary N) is 1. The van der Waals surface area contributed by atoms with Crippen LogP contribution in [0.5, 0.6) is 5.75 Å². The Hall–Kier alpha value is -1.78. The summed E-state index contributed by atoms with van der Waals surface area (Å²) in [5.74, 6) is 0.615. The van der Waals surface area contributed by atoms with Gasteiger partial charge in [-0.3, -0.25) is 4.98 Å². The fourth-order valence-corrected chi connectivity index (χ4v) is 1.60. The fourth-order valence-electron chi connectivity index (χ4n) is 1.60. The number of hydrogen-bond donors (Lipinski definition) is 2. The first-order chi connectivity index (χ1) is 8.30. The lowest BCUT2D eigenvalue weighted by Gasteiger charge is -2.26. The van der Waals surface area contributed by atoms with Crippen LogP contribution >= 0.6 is 0 Å². The van der Waals surface area contributed by atoms with Crippen molar-refractivity contribution in [3.05, 3.63) is 23.0 Å². The van der Waals surface area contributed by atoms with Gasteiger partial charge in [-0.15, -0.1) is 0 Å². The lowest BCUT2D eigenvalue weighted by molar-refractivity contribution is 0.104. The lowest BCUT2D eigenvalue weighted by Crippen LogP contribution is -2.29. The van der Waals surface area contributed by atoms with Gasteiger partial charge in [-0.2, -0.15) is 0 Å². The zero-order valence-electron chi connectivity index (χ0n) is 11.6. The van der Waals surface area contributed by atoms with Gasteiger partial charge in [0.25, 0.3) is 0 Å². The minimum Gasteiger partial charge on any atom is -0.487 e. The first-order valence-electron chi connectivity index (χ1n) is 5.96. The summed E-state index contributed by atoms with van der Waals surface area (Å²) in [5.41, 5.74) is 7.44. The molecule has 1 aromatic rings. The molecule has 0 aliphatic carbocycles. The van der Waals surface area contributed by atoms with E-state index in [1.54, 1.807) is 6.07 Å². The summed E-state index contributed by atoms with van der Waals surface area (Å²) in [6, 6.07) is 1.80. The largest absolute Gasteiger partial charge is 0.487 e. The van der Waals surface area contributed by atoms with Crippen LogP contribution in [0.3, 0.4) is 0 Å². The molecule has 0 aliphatic heterocycles. The number of aromatic nitrogens is 1. The first-order valence-corrected chi connectivity index (χ1v) is 5.96. The zero-order valence-corrected chi connectivity index (χ0v) is 11.6. The fraction of sp³-hybridized carbons (Fsp3) is 0.538. The molecule has 18 heavy (non-hydrogen) atoms. The summed E-state index contributed by atoms with van der Waals surface area (Å²) < 4.78 is 5.95. The van der Waals surface area contributed by atoms with Crippen molar-refractivity contribution in [1.82, 2.24) is 4.98 Å². The van der Waals surface area contributed by atoms with Crippen LogP contribution in [-0.4, -0.2) is 21.6 Å². The summed E-state index contributed by atoms with van der Waals surface area (Å²) in [4.78, 5) is 4.31. The zero-order chi connectivity index (χ0) is 13.9. The second-order valence-electron chi connectivity index (χ2n) is 4.92. The molecule has 1 rings (SSSR count). The molecule has 1 heterocycles. The molecule has 0 bridgehead atoms. The summed E-state index contributed by atoms with van der Waals surface area (Å²) in [6.45, 7) is 9.73. The maximum absolute atomic E-state index is 8.84. The Labute approximate surface area is 108 Å². The number of nitrogens with zero attached hydrogens (tertiary/aromatic N) is 2. The average Bonchev–Trinajstić information content (AvgIpc) is 2.27. The summed E-state index contributed by atoms with van der Waals surface area (Å²) >= 11 is 0. The van der Waals surface area contributed by atoms with Crippen molar-refractivity contribution in [2.45, 2.75) is 46.6 Å². The Morgan fingerprint density at radius 1 is 1.50 bits per heavy atom. The van der Waals surface area contributed by atoms with E-state index in [1.807, 2.05) is 34.6 Å². The Morgan fingerprint density at radius 3 is 2.61 bits per heavy atom. The van der Waals surface area contributed by atoms with E-state index in [9.17, 15) is 0 Å². The van der Waals surface area contributed by atoms with E-state index in [1.165, 1.54) is 0 Å². The van der Waals surface area contributed by atoms with Gasteiger partial charge in [0.2, 0.25) is 0 Å². The SMILES string of the molecule is CCC(C)(C)Oc1cc(C)nc(C)c1/C(N)=N/O. The quantitative estimate of drug-likeness (QED) is 0.372. The molecular formula is C13H21N3O2. The van der Waals surface area contributed by atoms with Crippen LogP contribution in [0.2, 0.25) is 0 Å². The molecule has 0 aromatic carbocycles. The van der Waals surface area contributed by atoms with Crippen LogP contribution in [0.1, 0.15) is 44.1 Å². The van der Waals surface area contributed by atoms with Crippen LogP contribution in [0.4, 0.5) is 0 Å². The molecule has 0 amide bonds. The summed E-state index contributed by atoms with van der Waals surface area (Å²) in [6.07, 6.45) is 0.850. The van der Waals surface area contributed by atoms with Crippen LogP contribution in [0.15, 0.2) is 11.2 Å². The average molecular weight is 251 g/mol. The maximum atomic E-state index is 8.84. The van der Waals surface area contributed by atoms with Crippen molar-refractivity contribution >= 4 is 5.84 Å². The molecule has 0 aliphatic rings. The summed E-state index contributed by atoms with van der Waals surface area (Å²) in [7, 11) is 0. The highest BCUT2D eigenvalue weighted by molar-refractivity contribution is 6.00. The Balaban J connectivity index is 3.33. The third-order valence-corrected chi connectivity index (χ3v) is 2.89. The topological polar surface area (TPSA) is 80.7 Å². The number of amidine groups is 1. The van der Waals surface area contributed by atoms with Gasteiger partial charge < -0.3 is 15.7 Å². The van der Waals surface area contributed by atoms with Crippen molar-refractivity contribution in [2.24, 2.45) is 10.9 Å². The van der Waals surface area contributed by atoms with Crippen molar-refractivity contribution in [2.75, 3.05) is 0 Å². The van der Waals surface area contributed by atoms with E-state index >= 15 is 0 Å². The predicted octanol–water partition coefficient (Wildman–Crippen LogP) is 2.36. The van der Waals surface area contributed by atoms with E-state index in [2.05, 4.69) is 10.1 Å². The maximum Gasteiger partial charge on any atom is 0.175 e. The molecule has 5 nitrogen and oxygen atoms in total. The van der Waals surface area contributed by atoms with Gasteiger partial charge in [-0.25, -0.2) is 0 Å². The third kappa shape index (κ3) is 3.12. The highest BCUT2D eigenvalue weighted by atomic mass is 16.5. The third-order valence-electron chi connectivity index (χ3n) is 2.89. The molecule has 0 atom stereocenters. The van der Waals surface area contributed by atoms with Gasteiger partial charge >= 0.3 is 0 Å². The number of hydrogen-bond acceptors (Lipinski definition) is 4. The normalized spacial score (nSPS) is 12.6. The molecule has 0 saturated carbocycles. The second kappa shape index (κ2) is 5.25. The predicted molar refractivity (Wildman–Crippen MR) is 71.2 cm³/mol. The minimum absolute atomic E-state index is 0.0157. The highest BCUT2D eigenvalue weighted by Crippen LogP contribution is 2.27. The molecule has 0 spiro atoms. The van der Waals surface area contributed by atoms with Crippen LogP contribution in [-0.2, 0) is 0 Å². The Bertz CT molecular complexity index is 468. The molecule has 5 heteroatoms. The highest BCUT2D eigenvalue weighted by Gasteiger charge is 2.22. The Morgan fingerprint density at radius 2 is 2.11 bits per heavy atom. The van der Waals surface area contributed by atoms with Gasteiger partial charge in [-0.1, -0.05) is 12.1 Å². The Kier molecular flexibility index (Phi) is 4.16. The molecule has 3 N–H and O–H groups in total. The van der Waals surface area contributed by atoms with Crippen molar-refractivity contribution in [3.8, 4) is 5.75 Å². The van der Waals surface area contributed by atoms with E-state index in [4.69, 9.17) is 15.7 Å². The van der Waals surface area contributed by atoms with Crippen LogP contribution in [0.25, 0.3) is 0 Å². The van der Waals surface area contributed by atoms with Crippen molar-refractivity contribution in [3.63, 3.8) is 0 Å². The minimum atomic E-state index is -0.315.